The van der Waals surface area contributed by atoms with E-state index < -0.39 is 51.4 Å². The number of fused-ring (bicyclic) bond motifs is 2. The number of nitrogens with zero attached hydrogens (tertiary/aromatic N) is 1. The Bertz CT molecular complexity index is 1330. The van der Waals surface area contributed by atoms with Crippen molar-refractivity contribution >= 4 is 33.5 Å². The van der Waals surface area contributed by atoms with E-state index in [0.29, 0.717) is 5.75 Å². The highest BCUT2D eigenvalue weighted by molar-refractivity contribution is 7.91. The van der Waals surface area contributed by atoms with Gasteiger partial charge in [-0.3, -0.25) is 19.2 Å². The summed E-state index contributed by atoms with van der Waals surface area (Å²) in [6.07, 6.45) is -1.61. The predicted octanol–water partition coefficient (Wildman–Crippen LogP) is -0.208. The Labute approximate surface area is 233 Å². The van der Waals surface area contributed by atoms with Gasteiger partial charge in [0.15, 0.2) is 9.84 Å². The summed E-state index contributed by atoms with van der Waals surface area (Å²) in [6, 6.07) is 11.2. The van der Waals surface area contributed by atoms with Crippen molar-refractivity contribution in [1.82, 2.24) is 20.9 Å². The second-order valence-corrected chi connectivity index (χ2v) is 11.5. The lowest BCUT2D eigenvalue weighted by Crippen LogP contribution is -2.53. The molecule has 0 spiro atoms. The van der Waals surface area contributed by atoms with Crippen LogP contribution in [0.25, 0.3) is 0 Å². The van der Waals surface area contributed by atoms with Crippen LogP contribution >= 0.6 is 0 Å². The average molecular weight is 575 g/mol. The van der Waals surface area contributed by atoms with Crippen molar-refractivity contribution in [2.75, 3.05) is 38.5 Å². The first-order valence-electron chi connectivity index (χ1n) is 12.8. The Kier molecular flexibility index (Phi) is 10.6. The molecule has 216 valence electrons. The van der Waals surface area contributed by atoms with Crippen molar-refractivity contribution in [3.63, 3.8) is 0 Å². The maximum atomic E-state index is 13.0. The molecule has 0 aliphatic carbocycles. The van der Waals surface area contributed by atoms with Crippen LogP contribution in [0.15, 0.2) is 53.4 Å². The number of benzene rings is 2. The fourth-order valence-corrected chi connectivity index (χ4v) is 5.20. The number of amides is 4. The van der Waals surface area contributed by atoms with Crippen molar-refractivity contribution in [2.45, 2.75) is 37.3 Å². The van der Waals surface area contributed by atoms with Gasteiger partial charge < -0.3 is 30.7 Å². The maximum Gasteiger partial charge on any atom is 0.252 e. The van der Waals surface area contributed by atoms with Crippen LogP contribution in [0.1, 0.15) is 29.3 Å². The Hall–Kier alpha value is -3.97. The summed E-state index contributed by atoms with van der Waals surface area (Å²) in [5.41, 5.74) is 0.961. The van der Waals surface area contributed by atoms with Gasteiger partial charge in [0.2, 0.25) is 17.7 Å². The topological polar surface area (TPSA) is 171 Å². The number of hydrogen-bond acceptors (Lipinski definition) is 8. The summed E-state index contributed by atoms with van der Waals surface area (Å²) >= 11 is 0. The van der Waals surface area contributed by atoms with Gasteiger partial charge in [-0.25, -0.2) is 8.42 Å². The van der Waals surface area contributed by atoms with E-state index in [1.54, 1.807) is 37.3 Å². The van der Waals surface area contributed by atoms with E-state index in [1.807, 2.05) is 0 Å². The summed E-state index contributed by atoms with van der Waals surface area (Å²) in [7, 11) is -3.73. The first-order chi connectivity index (χ1) is 19.0. The fraction of sp³-hybridized carbons (Fsp3) is 0.407. The van der Waals surface area contributed by atoms with Crippen LogP contribution in [-0.4, -0.2) is 92.7 Å². The molecule has 4 N–H and O–H groups in total. The Balaban J connectivity index is 1.75. The van der Waals surface area contributed by atoms with Crippen molar-refractivity contribution in [3.05, 3.63) is 59.7 Å². The van der Waals surface area contributed by atoms with Crippen molar-refractivity contribution < 1.29 is 37.4 Å². The van der Waals surface area contributed by atoms with Gasteiger partial charge in [-0.15, -0.1) is 0 Å². The van der Waals surface area contributed by atoms with Gasteiger partial charge in [-0.05, 0) is 43.7 Å². The molecule has 4 amide bonds. The fourth-order valence-electron chi connectivity index (χ4n) is 3.95. The lowest BCUT2D eigenvalue weighted by Gasteiger charge is -2.24. The molecule has 1 aliphatic heterocycles. The summed E-state index contributed by atoms with van der Waals surface area (Å²) in [4.78, 5) is 52.5. The molecule has 12 nitrogen and oxygen atoms in total. The number of hydrogen-bond donors (Lipinski definition) is 4. The van der Waals surface area contributed by atoms with Crippen molar-refractivity contribution in [3.8, 4) is 5.75 Å². The number of ether oxygens (including phenoxy) is 1. The molecule has 40 heavy (non-hydrogen) atoms. The molecule has 1 heterocycles. The van der Waals surface area contributed by atoms with E-state index in [4.69, 9.17) is 4.74 Å². The Morgan fingerprint density at radius 1 is 1.10 bits per heavy atom. The van der Waals surface area contributed by atoms with Crippen molar-refractivity contribution in [2.24, 2.45) is 0 Å². The molecule has 2 aromatic rings. The van der Waals surface area contributed by atoms with Gasteiger partial charge >= 0.3 is 0 Å². The molecule has 0 radical (unpaired) electrons. The highest BCUT2D eigenvalue weighted by atomic mass is 32.2. The van der Waals surface area contributed by atoms with Gasteiger partial charge in [0.25, 0.3) is 5.91 Å². The van der Waals surface area contributed by atoms with E-state index in [-0.39, 0.29) is 49.7 Å². The van der Waals surface area contributed by atoms with Crippen LogP contribution in [0.2, 0.25) is 0 Å². The van der Waals surface area contributed by atoms with Crippen LogP contribution in [0.3, 0.4) is 0 Å². The molecule has 3 rings (SSSR count). The van der Waals surface area contributed by atoms with Crippen molar-refractivity contribution in [1.29, 1.82) is 0 Å². The minimum atomic E-state index is -3.73. The molecule has 2 aromatic carbocycles. The SMILES string of the molecule is Cc1ccc2cc1OCCNC(=O)CN(C(=O)CCS(=O)(=O)c1ccccc1)CCNC(=O)[C@H]([C@@H](C)O)NC2=O. The van der Waals surface area contributed by atoms with E-state index in [2.05, 4.69) is 16.0 Å². The van der Waals surface area contributed by atoms with Crippen LogP contribution in [0.4, 0.5) is 0 Å². The minimum Gasteiger partial charge on any atom is -0.491 e. The standard InChI is InChI=1S/C27H34N4O8S/c1-18-8-9-20-16-22(18)39-14-12-28-23(33)17-31(13-11-29-27(36)25(19(2)32)30-26(20)35)24(34)10-15-40(37,38)21-6-4-3-5-7-21/h3-9,16,19,25,32H,10-15,17H2,1-2H3,(H,28,33)(H,29,36)(H,30,35)/t19-,25+/m1/s1. The van der Waals surface area contributed by atoms with Gasteiger partial charge in [-0.1, -0.05) is 24.3 Å². The highest BCUT2D eigenvalue weighted by Gasteiger charge is 2.27. The van der Waals surface area contributed by atoms with Gasteiger partial charge in [0.05, 0.1) is 29.8 Å². The van der Waals surface area contributed by atoms with Crippen LogP contribution in [0, 0.1) is 6.92 Å². The molecule has 0 saturated heterocycles. The van der Waals surface area contributed by atoms with Gasteiger partial charge in [0.1, 0.15) is 18.4 Å². The van der Waals surface area contributed by atoms with Gasteiger partial charge in [-0.2, -0.15) is 0 Å². The summed E-state index contributed by atoms with van der Waals surface area (Å²) in [5, 5.41) is 17.9. The lowest BCUT2D eigenvalue weighted by molar-refractivity contribution is -0.136. The number of sulfone groups is 1. The lowest BCUT2D eigenvalue weighted by atomic mass is 10.1. The first-order valence-corrected chi connectivity index (χ1v) is 14.5. The molecule has 1 aliphatic rings. The second-order valence-electron chi connectivity index (χ2n) is 9.36. The minimum absolute atomic E-state index is 0.0806. The van der Waals surface area contributed by atoms with Crippen LogP contribution in [0.5, 0.6) is 5.75 Å². The molecular weight excluding hydrogens is 540 g/mol. The molecule has 2 atom stereocenters. The quantitative estimate of drug-likeness (QED) is 0.380. The number of aliphatic hydroxyl groups is 1. The third-order valence-electron chi connectivity index (χ3n) is 6.24. The zero-order chi connectivity index (χ0) is 29.3. The first kappa shape index (κ1) is 30.6. The van der Waals surface area contributed by atoms with E-state index in [1.165, 1.54) is 25.1 Å². The monoisotopic (exact) mass is 574 g/mol. The van der Waals surface area contributed by atoms with E-state index >= 15 is 0 Å². The summed E-state index contributed by atoms with van der Waals surface area (Å²) in [5.74, 6) is -2.43. The second kappa shape index (κ2) is 13.9. The summed E-state index contributed by atoms with van der Waals surface area (Å²) in [6.45, 7) is 2.73. The molecule has 0 aromatic heterocycles. The molecular formula is C27H34N4O8S. The number of rotatable bonds is 5. The number of carbonyl (C=O) groups excluding carboxylic acids is 4. The molecule has 0 fully saturated rings. The highest BCUT2D eigenvalue weighted by Crippen LogP contribution is 2.20. The number of nitrogens with one attached hydrogen (secondary N) is 3. The summed E-state index contributed by atoms with van der Waals surface area (Å²) < 4.78 is 31.0. The average Bonchev–Trinajstić information content (AvgIpc) is 2.92. The number of aryl methyl sites for hydroxylation is 1. The van der Waals surface area contributed by atoms with E-state index in [9.17, 15) is 32.7 Å². The zero-order valence-corrected chi connectivity index (χ0v) is 23.2. The predicted molar refractivity (Wildman–Crippen MR) is 145 cm³/mol. The molecule has 13 heteroatoms. The third kappa shape index (κ3) is 8.52. The van der Waals surface area contributed by atoms with Gasteiger partial charge in [0, 0.05) is 25.1 Å². The largest absolute Gasteiger partial charge is 0.491 e. The van der Waals surface area contributed by atoms with Crippen LogP contribution < -0.4 is 20.7 Å². The van der Waals surface area contributed by atoms with E-state index in [0.717, 1.165) is 10.5 Å². The molecule has 0 unspecified atom stereocenters. The zero-order valence-electron chi connectivity index (χ0n) is 22.4. The number of aliphatic hydroxyl groups excluding tert-OH is 1. The molecule has 0 saturated carbocycles. The van der Waals surface area contributed by atoms with Crippen LogP contribution in [-0.2, 0) is 24.2 Å². The molecule has 2 bridgehead atoms. The smallest absolute Gasteiger partial charge is 0.252 e. The third-order valence-corrected chi connectivity index (χ3v) is 7.97. The Morgan fingerprint density at radius 3 is 2.52 bits per heavy atom. The Morgan fingerprint density at radius 2 is 1.82 bits per heavy atom. The maximum absolute atomic E-state index is 13.0. The normalized spacial score (nSPS) is 18.4. The number of carbonyl (C=O) groups is 4.